The number of anilines is 1. The highest BCUT2D eigenvalue weighted by molar-refractivity contribution is 5.88. The summed E-state index contributed by atoms with van der Waals surface area (Å²) in [4.78, 5) is 15.9. The number of cyclic esters (lactones) is 1. The second kappa shape index (κ2) is 5.83. The molecule has 1 amide bonds. The number of likely N-dealkylation sites (N-methyl/N-ethyl adjacent to an activating group) is 1. The fourth-order valence-corrected chi connectivity index (χ4v) is 3.10. The van der Waals surface area contributed by atoms with Gasteiger partial charge in [-0.1, -0.05) is 19.1 Å². The topological polar surface area (TPSA) is 32.8 Å². The van der Waals surface area contributed by atoms with E-state index in [9.17, 15) is 4.79 Å². The lowest BCUT2D eigenvalue weighted by atomic mass is 9.98. The quantitative estimate of drug-likeness (QED) is 0.849. The number of amides is 1. The molecule has 2 heterocycles. The maximum absolute atomic E-state index is 11.7. The highest BCUT2D eigenvalue weighted by atomic mass is 16.6. The highest BCUT2D eigenvalue weighted by Gasteiger charge is 2.24. The summed E-state index contributed by atoms with van der Waals surface area (Å²) in [5, 5.41) is 0. The van der Waals surface area contributed by atoms with Crippen molar-refractivity contribution in [3.8, 4) is 0 Å². The molecule has 4 nitrogen and oxygen atoms in total. The Balaban J connectivity index is 1.70. The van der Waals surface area contributed by atoms with Gasteiger partial charge in [0.05, 0.1) is 6.61 Å². The summed E-state index contributed by atoms with van der Waals surface area (Å²) in [6.07, 6.45) is 1.92. The monoisotopic (exact) mass is 274 g/mol. The Bertz CT molecular complexity index is 472. The van der Waals surface area contributed by atoms with Crippen molar-refractivity contribution in [2.24, 2.45) is 0 Å². The normalized spacial score (nSPS) is 23.9. The van der Waals surface area contributed by atoms with E-state index in [2.05, 4.69) is 36.1 Å². The highest BCUT2D eigenvalue weighted by Crippen LogP contribution is 2.29. The molecule has 1 atom stereocenters. The van der Waals surface area contributed by atoms with Gasteiger partial charge in [-0.25, -0.2) is 4.79 Å². The van der Waals surface area contributed by atoms with E-state index in [-0.39, 0.29) is 6.09 Å². The lowest BCUT2D eigenvalue weighted by molar-refractivity contribution is 0.140. The fraction of sp³-hybridized carbons (Fsp3) is 0.562. The van der Waals surface area contributed by atoms with Crippen LogP contribution in [0.2, 0.25) is 0 Å². The van der Waals surface area contributed by atoms with Gasteiger partial charge in [0, 0.05) is 18.8 Å². The third-order valence-corrected chi connectivity index (χ3v) is 4.37. The molecule has 4 heteroatoms. The lowest BCUT2D eigenvalue weighted by Gasteiger charge is -2.26. The third kappa shape index (κ3) is 2.66. The van der Waals surface area contributed by atoms with E-state index in [1.165, 1.54) is 18.5 Å². The SMILES string of the molecule is CCN1CCC(c2ccc(N3CCCOC3=O)cc2)C1. The molecule has 1 aromatic rings. The maximum Gasteiger partial charge on any atom is 0.414 e. The van der Waals surface area contributed by atoms with E-state index in [1.54, 1.807) is 4.90 Å². The van der Waals surface area contributed by atoms with Gasteiger partial charge in [0.15, 0.2) is 0 Å². The van der Waals surface area contributed by atoms with E-state index >= 15 is 0 Å². The number of carbonyl (C=O) groups is 1. The molecule has 2 aliphatic heterocycles. The molecule has 2 fully saturated rings. The van der Waals surface area contributed by atoms with Gasteiger partial charge in [-0.3, -0.25) is 4.90 Å². The molecule has 2 saturated heterocycles. The van der Waals surface area contributed by atoms with Gasteiger partial charge in [-0.05, 0) is 49.5 Å². The minimum Gasteiger partial charge on any atom is -0.449 e. The molecule has 0 radical (unpaired) electrons. The molecule has 1 unspecified atom stereocenters. The first-order valence-corrected chi connectivity index (χ1v) is 7.54. The van der Waals surface area contributed by atoms with Crippen LogP contribution in [-0.4, -0.2) is 43.8 Å². The fourth-order valence-electron chi connectivity index (χ4n) is 3.10. The Kier molecular flexibility index (Phi) is 3.92. The predicted molar refractivity (Wildman–Crippen MR) is 79.2 cm³/mol. The van der Waals surface area contributed by atoms with Crippen molar-refractivity contribution < 1.29 is 9.53 Å². The number of ether oxygens (including phenoxy) is 1. The molecule has 0 saturated carbocycles. The van der Waals surface area contributed by atoms with Gasteiger partial charge in [-0.15, -0.1) is 0 Å². The molecule has 3 rings (SSSR count). The zero-order valence-corrected chi connectivity index (χ0v) is 12.0. The van der Waals surface area contributed by atoms with E-state index in [0.29, 0.717) is 12.5 Å². The van der Waals surface area contributed by atoms with E-state index in [0.717, 1.165) is 31.7 Å². The number of carbonyl (C=O) groups excluding carboxylic acids is 1. The van der Waals surface area contributed by atoms with Crippen molar-refractivity contribution in [3.63, 3.8) is 0 Å². The van der Waals surface area contributed by atoms with Crippen LogP contribution in [0, 0.1) is 0 Å². The number of rotatable bonds is 3. The smallest absolute Gasteiger partial charge is 0.414 e. The van der Waals surface area contributed by atoms with Crippen LogP contribution in [0.25, 0.3) is 0 Å². The van der Waals surface area contributed by atoms with Gasteiger partial charge >= 0.3 is 6.09 Å². The Hall–Kier alpha value is -1.55. The van der Waals surface area contributed by atoms with Crippen LogP contribution >= 0.6 is 0 Å². The minimum absolute atomic E-state index is 0.220. The number of hydrogen-bond donors (Lipinski definition) is 0. The molecule has 0 bridgehead atoms. The Morgan fingerprint density at radius 1 is 1.25 bits per heavy atom. The summed E-state index contributed by atoms with van der Waals surface area (Å²) >= 11 is 0. The Labute approximate surface area is 120 Å². The van der Waals surface area contributed by atoms with Crippen molar-refractivity contribution in [1.82, 2.24) is 4.90 Å². The Morgan fingerprint density at radius 3 is 2.70 bits per heavy atom. The zero-order chi connectivity index (χ0) is 13.9. The van der Waals surface area contributed by atoms with E-state index < -0.39 is 0 Å². The molecule has 108 valence electrons. The van der Waals surface area contributed by atoms with Crippen molar-refractivity contribution in [3.05, 3.63) is 29.8 Å². The standard InChI is InChI=1S/C16H22N2O2/c1-2-17-10-8-14(12-17)13-4-6-15(7-5-13)18-9-3-11-20-16(18)19/h4-7,14H,2-3,8-12H2,1H3. The van der Waals surface area contributed by atoms with Crippen LogP contribution in [-0.2, 0) is 4.74 Å². The predicted octanol–water partition coefficient (Wildman–Crippen LogP) is 2.84. The number of nitrogens with zero attached hydrogens (tertiary/aromatic N) is 2. The second-order valence-electron chi connectivity index (χ2n) is 5.59. The summed E-state index contributed by atoms with van der Waals surface area (Å²) in [5.74, 6) is 0.636. The summed E-state index contributed by atoms with van der Waals surface area (Å²) < 4.78 is 5.08. The van der Waals surface area contributed by atoms with Gasteiger partial charge in [0.2, 0.25) is 0 Å². The van der Waals surface area contributed by atoms with Crippen molar-refractivity contribution >= 4 is 11.8 Å². The van der Waals surface area contributed by atoms with Crippen LogP contribution in [0.15, 0.2) is 24.3 Å². The van der Waals surface area contributed by atoms with Crippen LogP contribution in [0.1, 0.15) is 31.2 Å². The minimum atomic E-state index is -0.220. The van der Waals surface area contributed by atoms with Crippen LogP contribution in [0.4, 0.5) is 10.5 Å². The zero-order valence-electron chi connectivity index (χ0n) is 12.0. The van der Waals surface area contributed by atoms with E-state index in [1.807, 2.05) is 0 Å². The first-order valence-electron chi connectivity index (χ1n) is 7.54. The molecule has 0 spiro atoms. The average Bonchev–Trinajstić information content (AvgIpc) is 2.97. The van der Waals surface area contributed by atoms with Gasteiger partial charge < -0.3 is 9.64 Å². The average molecular weight is 274 g/mol. The van der Waals surface area contributed by atoms with Crippen molar-refractivity contribution in [2.45, 2.75) is 25.7 Å². The molecule has 1 aromatic carbocycles. The first kappa shape index (κ1) is 13.4. The molecule has 0 aliphatic carbocycles. The van der Waals surface area contributed by atoms with Crippen molar-refractivity contribution in [2.75, 3.05) is 37.7 Å². The van der Waals surface area contributed by atoms with Gasteiger partial charge in [0.1, 0.15) is 0 Å². The summed E-state index contributed by atoms with van der Waals surface area (Å²) in [6, 6.07) is 8.44. The largest absolute Gasteiger partial charge is 0.449 e. The van der Waals surface area contributed by atoms with E-state index in [4.69, 9.17) is 4.74 Å². The summed E-state index contributed by atoms with van der Waals surface area (Å²) in [6.45, 7) is 7.00. The molecular weight excluding hydrogens is 252 g/mol. The number of likely N-dealkylation sites (tertiary alicyclic amines) is 1. The third-order valence-electron chi connectivity index (χ3n) is 4.37. The van der Waals surface area contributed by atoms with Crippen molar-refractivity contribution in [1.29, 1.82) is 0 Å². The first-order chi connectivity index (χ1) is 9.78. The van der Waals surface area contributed by atoms with Crippen LogP contribution < -0.4 is 4.90 Å². The summed E-state index contributed by atoms with van der Waals surface area (Å²) in [7, 11) is 0. The number of benzene rings is 1. The Morgan fingerprint density at radius 2 is 2.05 bits per heavy atom. The molecule has 0 N–H and O–H groups in total. The molecular formula is C16H22N2O2. The van der Waals surface area contributed by atoms with Crippen LogP contribution in [0.5, 0.6) is 0 Å². The molecule has 2 aliphatic rings. The van der Waals surface area contributed by atoms with Gasteiger partial charge in [0.25, 0.3) is 0 Å². The maximum atomic E-state index is 11.7. The molecule has 20 heavy (non-hydrogen) atoms. The second-order valence-corrected chi connectivity index (χ2v) is 5.59. The summed E-state index contributed by atoms with van der Waals surface area (Å²) in [5.41, 5.74) is 2.33. The van der Waals surface area contributed by atoms with Crippen LogP contribution in [0.3, 0.4) is 0 Å². The molecule has 0 aromatic heterocycles. The number of hydrogen-bond acceptors (Lipinski definition) is 3. The van der Waals surface area contributed by atoms with Gasteiger partial charge in [-0.2, -0.15) is 0 Å². The lowest BCUT2D eigenvalue weighted by Crippen LogP contribution is -2.37.